The Morgan fingerprint density at radius 2 is 1.57 bits per heavy atom. The Kier molecular flexibility index (Phi) is 7.57. The van der Waals surface area contributed by atoms with Crippen LogP contribution >= 0.6 is 0 Å². The van der Waals surface area contributed by atoms with Gasteiger partial charge in [-0.05, 0) is 32.0 Å². The lowest BCUT2D eigenvalue weighted by Gasteiger charge is -2.31. The molecule has 0 spiro atoms. The van der Waals surface area contributed by atoms with Crippen LogP contribution in [0, 0.1) is 0 Å². The van der Waals surface area contributed by atoms with Crippen molar-refractivity contribution in [2.24, 2.45) is 0 Å². The van der Waals surface area contributed by atoms with Gasteiger partial charge in [-0.15, -0.1) is 0 Å². The number of pyridine rings is 1. The molecule has 30 heavy (non-hydrogen) atoms. The normalized spacial score (nSPS) is 16.0. The zero-order valence-corrected chi connectivity index (χ0v) is 18.1. The topological polar surface area (TPSA) is 112 Å². The van der Waals surface area contributed by atoms with E-state index in [-0.39, 0.29) is 11.4 Å². The van der Waals surface area contributed by atoms with Crippen molar-refractivity contribution in [1.82, 2.24) is 14.2 Å². The lowest BCUT2D eigenvalue weighted by Crippen LogP contribution is -2.47. The van der Waals surface area contributed by atoms with Gasteiger partial charge in [-0.2, -0.15) is 4.31 Å². The van der Waals surface area contributed by atoms with Crippen LogP contribution in [0.4, 0.5) is 17.1 Å². The lowest BCUT2D eigenvalue weighted by atomic mass is 10.1. The number of aromatic nitrogens is 1. The highest BCUT2D eigenvalue weighted by Crippen LogP contribution is 2.20. The van der Waals surface area contributed by atoms with Crippen LogP contribution in [-0.4, -0.2) is 68.1 Å². The summed E-state index contributed by atoms with van der Waals surface area (Å²) in [7, 11) is -1.17. The maximum atomic E-state index is 12.4. The summed E-state index contributed by atoms with van der Waals surface area (Å²) in [6.45, 7) is 3.25. The number of rotatable bonds is 11. The smallest absolute Gasteiger partial charge is 0.253 e. The van der Waals surface area contributed by atoms with Crippen LogP contribution < -0.4 is 21.5 Å². The summed E-state index contributed by atoms with van der Waals surface area (Å²) < 4.78 is 26.4. The van der Waals surface area contributed by atoms with Gasteiger partial charge in [-0.25, -0.2) is 8.42 Å². The molecular formula is C20H29N5O4S. The third-order valence-electron chi connectivity index (χ3n) is 5.35. The zero-order valence-electron chi connectivity index (χ0n) is 17.3. The van der Waals surface area contributed by atoms with Crippen molar-refractivity contribution in [3.63, 3.8) is 0 Å². The summed E-state index contributed by atoms with van der Waals surface area (Å²) >= 11 is 0. The molecule has 0 unspecified atom stereocenters. The predicted molar refractivity (Wildman–Crippen MR) is 119 cm³/mol. The molecule has 0 amide bonds. The molecule has 1 saturated heterocycles. The summed E-state index contributed by atoms with van der Waals surface area (Å²) in [5, 5.41) is 5.99. The van der Waals surface area contributed by atoms with E-state index in [9.17, 15) is 18.0 Å². The van der Waals surface area contributed by atoms with E-state index in [1.807, 2.05) is 7.05 Å². The van der Waals surface area contributed by atoms with E-state index in [0.29, 0.717) is 37.4 Å². The number of sulfonamides is 1. The molecule has 0 atom stereocenters. The summed E-state index contributed by atoms with van der Waals surface area (Å²) in [6.07, 6.45) is 6.29. The zero-order chi connectivity index (χ0) is 21.6. The first-order valence-electron chi connectivity index (χ1n) is 10.3. The third-order valence-corrected chi connectivity index (χ3v) is 7.30. The van der Waals surface area contributed by atoms with E-state index in [1.165, 1.54) is 0 Å². The Balaban J connectivity index is 1.35. The molecule has 9 nitrogen and oxygen atoms in total. The van der Waals surface area contributed by atoms with E-state index >= 15 is 0 Å². The second-order valence-corrected chi connectivity index (χ2v) is 9.72. The van der Waals surface area contributed by atoms with Gasteiger partial charge in [0, 0.05) is 50.8 Å². The molecule has 0 saturated carbocycles. The average molecular weight is 436 g/mol. The van der Waals surface area contributed by atoms with Crippen LogP contribution in [0.25, 0.3) is 0 Å². The molecule has 3 rings (SSSR count). The standard InChI is InChI=1S/C20H29N5O4S/c1-24-11-13-25(14-12-24)30(28,29)15-5-3-2-4-8-22-17-18(20(27)19(17)26)23-16-6-9-21-10-7-16/h6-7,9-10,22H,2-5,8,11-15H2,1H3,(H,21,23). The number of piperazine rings is 1. The van der Waals surface area contributed by atoms with Crippen molar-refractivity contribution in [3.05, 3.63) is 45.0 Å². The highest BCUT2D eigenvalue weighted by molar-refractivity contribution is 7.89. The molecule has 1 aromatic carbocycles. The molecule has 0 aliphatic carbocycles. The van der Waals surface area contributed by atoms with Gasteiger partial charge < -0.3 is 15.5 Å². The minimum Gasteiger partial charge on any atom is -0.380 e. The van der Waals surface area contributed by atoms with Gasteiger partial charge in [-0.1, -0.05) is 12.8 Å². The van der Waals surface area contributed by atoms with Gasteiger partial charge in [0.05, 0.1) is 5.75 Å². The average Bonchev–Trinajstić information content (AvgIpc) is 2.75. The highest BCUT2D eigenvalue weighted by atomic mass is 32.2. The molecule has 0 bridgehead atoms. The maximum Gasteiger partial charge on any atom is 0.253 e. The molecule has 2 N–H and O–H groups in total. The fourth-order valence-corrected chi connectivity index (χ4v) is 4.98. The molecule has 1 aliphatic heterocycles. The molecule has 1 aliphatic rings. The summed E-state index contributed by atoms with van der Waals surface area (Å²) in [5.41, 5.74) is 0.258. The number of unbranched alkanes of at least 4 members (excludes halogenated alkanes) is 3. The summed E-state index contributed by atoms with van der Waals surface area (Å²) in [6, 6.07) is 3.44. The van der Waals surface area contributed by atoms with Crippen LogP contribution in [0.1, 0.15) is 25.7 Å². The van der Waals surface area contributed by atoms with Crippen LogP contribution in [0.3, 0.4) is 0 Å². The summed E-state index contributed by atoms with van der Waals surface area (Å²) in [4.78, 5) is 29.7. The molecule has 2 heterocycles. The molecule has 1 fully saturated rings. The van der Waals surface area contributed by atoms with Gasteiger partial charge >= 0.3 is 0 Å². The van der Waals surface area contributed by atoms with Crippen molar-refractivity contribution >= 4 is 27.1 Å². The SMILES string of the molecule is CN1CCN(S(=O)(=O)CCCCCCNc2c(Nc3ccncc3)c(=O)c2=O)CC1. The quantitative estimate of drug-likeness (QED) is 0.397. The maximum absolute atomic E-state index is 12.4. The molecule has 2 aromatic rings. The predicted octanol–water partition coefficient (Wildman–Crippen LogP) is 0.971. The van der Waals surface area contributed by atoms with Gasteiger partial charge in [0.2, 0.25) is 10.0 Å². The van der Waals surface area contributed by atoms with Crippen LogP contribution in [0.15, 0.2) is 34.1 Å². The minimum absolute atomic E-state index is 0.183. The monoisotopic (exact) mass is 435 g/mol. The Morgan fingerprint density at radius 1 is 0.933 bits per heavy atom. The number of nitrogens with zero attached hydrogens (tertiary/aromatic N) is 3. The van der Waals surface area contributed by atoms with Crippen molar-refractivity contribution < 1.29 is 8.42 Å². The Morgan fingerprint density at radius 3 is 2.27 bits per heavy atom. The summed E-state index contributed by atoms with van der Waals surface area (Å²) in [5.74, 6) is 0.183. The van der Waals surface area contributed by atoms with E-state index in [1.54, 1.807) is 28.8 Å². The van der Waals surface area contributed by atoms with E-state index < -0.39 is 20.9 Å². The lowest BCUT2D eigenvalue weighted by molar-refractivity contribution is 0.222. The highest BCUT2D eigenvalue weighted by Gasteiger charge is 2.25. The minimum atomic E-state index is -3.17. The molecule has 164 valence electrons. The van der Waals surface area contributed by atoms with Gasteiger partial charge in [0.1, 0.15) is 11.4 Å². The van der Waals surface area contributed by atoms with Gasteiger partial charge in [0.15, 0.2) is 0 Å². The van der Waals surface area contributed by atoms with Gasteiger partial charge in [0.25, 0.3) is 10.9 Å². The Labute approximate surface area is 176 Å². The third kappa shape index (κ3) is 5.65. The molecule has 1 aromatic heterocycles. The molecular weight excluding hydrogens is 406 g/mol. The number of hydrogen-bond donors (Lipinski definition) is 2. The fraction of sp³-hybridized carbons (Fsp3) is 0.550. The van der Waals surface area contributed by atoms with Crippen molar-refractivity contribution in [2.75, 3.05) is 56.2 Å². The second kappa shape index (κ2) is 10.1. The van der Waals surface area contributed by atoms with Crippen LogP contribution in [0.2, 0.25) is 0 Å². The number of nitrogens with one attached hydrogen (secondary N) is 2. The van der Waals surface area contributed by atoms with E-state index in [4.69, 9.17) is 0 Å². The van der Waals surface area contributed by atoms with E-state index in [2.05, 4.69) is 20.5 Å². The second-order valence-electron chi connectivity index (χ2n) is 7.63. The van der Waals surface area contributed by atoms with E-state index in [0.717, 1.165) is 32.4 Å². The number of likely N-dealkylation sites (N-methyl/N-ethyl adjacent to an activating group) is 1. The first-order valence-corrected chi connectivity index (χ1v) is 11.9. The molecule has 0 radical (unpaired) electrons. The molecule has 10 heteroatoms. The number of anilines is 3. The van der Waals surface area contributed by atoms with Crippen LogP contribution in [0.5, 0.6) is 0 Å². The first kappa shape index (κ1) is 22.4. The Hall–Kier alpha value is -2.30. The van der Waals surface area contributed by atoms with Crippen molar-refractivity contribution in [3.8, 4) is 0 Å². The first-order chi connectivity index (χ1) is 14.4. The van der Waals surface area contributed by atoms with Crippen LogP contribution in [-0.2, 0) is 10.0 Å². The van der Waals surface area contributed by atoms with Crippen molar-refractivity contribution in [2.45, 2.75) is 25.7 Å². The number of hydrogen-bond acceptors (Lipinski definition) is 8. The van der Waals surface area contributed by atoms with Gasteiger partial charge in [-0.3, -0.25) is 14.6 Å². The fourth-order valence-electron chi connectivity index (χ4n) is 3.43. The van der Waals surface area contributed by atoms with Crippen molar-refractivity contribution in [1.29, 1.82) is 0 Å². The Bertz CT molecular complexity index is 994. The largest absolute Gasteiger partial charge is 0.380 e.